The average Bonchev–Trinajstić information content (AvgIpc) is 2.87. The molecule has 0 aromatic carbocycles. The maximum atomic E-state index is 12.5. The Hall–Kier alpha value is -1.40. The number of likely N-dealkylation sites (tertiary alicyclic amines) is 1. The van der Waals surface area contributed by atoms with Gasteiger partial charge in [-0.3, -0.25) is 9.48 Å². The second kappa shape index (κ2) is 7.04. The van der Waals surface area contributed by atoms with Gasteiger partial charge in [-0.15, -0.1) is 0 Å². The Labute approximate surface area is 125 Å². The Morgan fingerprint density at radius 1 is 1.48 bits per heavy atom. The predicted octanol–water partition coefficient (Wildman–Crippen LogP) is 0.807. The number of carbonyl (C=O) groups is 1. The molecule has 1 fully saturated rings. The Morgan fingerprint density at radius 2 is 2.14 bits per heavy atom. The minimum absolute atomic E-state index is 0.0202. The van der Waals surface area contributed by atoms with E-state index >= 15 is 0 Å². The Bertz CT molecular complexity index is 479. The number of nitrogens with zero attached hydrogens (tertiary/aromatic N) is 3. The Morgan fingerprint density at radius 3 is 2.71 bits per heavy atom. The zero-order valence-electron chi connectivity index (χ0n) is 12.8. The molecule has 2 rings (SSSR count). The topological polar surface area (TPSA) is 78.6 Å². The van der Waals surface area contributed by atoms with Gasteiger partial charge in [-0.1, -0.05) is 6.92 Å². The third-order valence-corrected chi connectivity index (χ3v) is 4.19. The lowest BCUT2D eigenvalue weighted by Crippen LogP contribution is -2.42. The molecule has 1 aliphatic heterocycles. The van der Waals surface area contributed by atoms with Gasteiger partial charge in [0.05, 0.1) is 24.0 Å². The molecule has 1 aromatic heterocycles. The fourth-order valence-electron chi connectivity index (χ4n) is 2.88. The van der Waals surface area contributed by atoms with Crippen LogP contribution in [-0.4, -0.2) is 56.6 Å². The zero-order chi connectivity index (χ0) is 15.4. The van der Waals surface area contributed by atoms with Crippen molar-refractivity contribution in [1.82, 2.24) is 14.7 Å². The van der Waals surface area contributed by atoms with E-state index in [1.807, 2.05) is 22.7 Å². The van der Waals surface area contributed by atoms with Crippen molar-refractivity contribution in [2.24, 2.45) is 5.92 Å². The first kappa shape index (κ1) is 16.0. The van der Waals surface area contributed by atoms with Crippen LogP contribution in [0, 0.1) is 12.8 Å². The minimum Gasteiger partial charge on any atom is -0.394 e. The van der Waals surface area contributed by atoms with Crippen LogP contribution in [-0.2, 0) is 6.54 Å². The van der Waals surface area contributed by atoms with Crippen LogP contribution < -0.4 is 0 Å². The van der Waals surface area contributed by atoms with Crippen LogP contribution in [0.4, 0.5) is 0 Å². The highest BCUT2D eigenvalue weighted by molar-refractivity contribution is 5.95. The second-order valence-corrected chi connectivity index (χ2v) is 5.77. The summed E-state index contributed by atoms with van der Waals surface area (Å²) in [7, 11) is 0. The van der Waals surface area contributed by atoms with Gasteiger partial charge < -0.3 is 15.1 Å². The van der Waals surface area contributed by atoms with Gasteiger partial charge >= 0.3 is 0 Å². The lowest BCUT2D eigenvalue weighted by molar-refractivity contribution is 0.0179. The summed E-state index contributed by atoms with van der Waals surface area (Å²) in [4.78, 5) is 14.4. The van der Waals surface area contributed by atoms with Gasteiger partial charge in [0.2, 0.25) is 0 Å². The fourth-order valence-corrected chi connectivity index (χ4v) is 2.88. The largest absolute Gasteiger partial charge is 0.394 e. The fraction of sp³-hybridized carbons (Fsp3) is 0.733. The van der Waals surface area contributed by atoms with Crippen molar-refractivity contribution < 1.29 is 15.0 Å². The summed E-state index contributed by atoms with van der Waals surface area (Å²) in [5, 5.41) is 23.0. The third-order valence-electron chi connectivity index (χ3n) is 4.19. The van der Waals surface area contributed by atoms with Gasteiger partial charge in [0, 0.05) is 25.8 Å². The summed E-state index contributed by atoms with van der Waals surface area (Å²) in [6.45, 7) is 5.80. The summed E-state index contributed by atoms with van der Waals surface area (Å²) < 4.78 is 1.82. The SMILES string of the molecule is CCCn1cc(C(=O)N2CCC(C(O)CO)CC2)c(C)n1. The Kier molecular flexibility index (Phi) is 5.36. The number of carbonyl (C=O) groups excluding carboxylic acids is 1. The van der Waals surface area contributed by atoms with E-state index in [-0.39, 0.29) is 18.4 Å². The van der Waals surface area contributed by atoms with Crippen LogP contribution in [0.5, 0.6) is 0 Å². The first-order valence-electron chi connectivity index (χ1n) is 7.69. The van der Waals surface area contributed by atoms with E-state index in [0.29, 0.717) is 18.7 Å². The molecule has 1 unspecified atom stereocenters. The normalized spacial score (nSPS) is 18.0. The molecule has 0 radical (unpaired) electrons. The monoisotopic (exact) mass is 295 g/mol. The Balaban J connectivity index is 1.98. The second-order valence-electron chi connectivity index (χ2n) is 5.77. The lowest BCUT2D eigenvalue weighted by Gasteiger charge is -2.33. The highest BCUT2D eigenvalue weighted by atomic mass is 16.3. The van der Waals surface area contributed by atoms with E-state index in [4.69, 9.17) is 5.11 Å². The highest BCUT2D eigenvalue weighted by Crippen LogP contribution is 2.22. The number of aryl methyl sites for hydroxylation is 2. The number of hydrogen-bond acceptors (Lipinski definition) is 4. The number of amides is 1. The highest BCUT2D eigenvalue weighted by Gasteiger charge is 2.28. The van der Waals surface area contributed by atoms with Crippen LogP contribution in [0.2, 0.25) is 0 Å². The third kappa shape index (κ3) is 3.63. The average molecular weight is 295 g/mol. The van der Waals surface area contributed by atoms with Crippen LogP contribution in [0.25, 0.3) is 0 Å². The summed E-state index contributed by atoms with van der Waals surface area (Å²) in [5.74, 6) is 0.106. The molecule has 118 valence electrons. The van der Waals surface area contributed by atoms with Gasteiger partial charge in [-0.2, -0.15) is 5.10 Å². The van der Waals surface area contributed by atoms with Crippen molar-refractivity contribution in [3.8, 4) is 0 Å². The number of aliphatic hydroxyl groups excluding tert-OH is 2. The van der Waals surface area contributed by atoms with E-state index in [2.05, 4.69) is 12.0 Å². The first-order chi connectivity index (χ1) is 10.1. The molecule has 1 aliphatic rings. The molecule has 0 spiro atoms. The molecular formula is C15H25N3O3. The molecule has 1 amide bonds. The summed E-state index contributed by atoms with van der Waals surface area (Å²) in [6, 6.07) is 0. The molecule has 2 N–H and O–H groups in total. The molecule has 21 heavy (non-hydrogen) atoms. The number of aliphatic hydroxyl groups is 2. The van der Waals surface area contributed by atoms with Crippen molar-refractivity contribution in [3.63, 3.8) is 0 Å². The molecule has 0 aliphatic carbocycles. The zero-order valence-corrected chi connectivity index (χ0v) is 12.8. The van der Waals surface area contributed by atoms with Crippen LogP contribution in [0.1, 0.15) is 42.2 Å². The minimum atomic E-state index is -0.670. The van der Waals surface area contributed by atoms with E-state index in [0.717, 1.165) is 31.5 Å². The smallest absolute Gasteiger partial charge is 0.257 e. The lowest BCUT2D eigenvalue weighted by atomic mass is 9.91. The van der Waals surface area contributed by atoms with Crippen LogP contribution in [0.15, 0.2) is 6.20 Å². The van der Waals surface area contributed by atoms with E-state index in [9.17, 15) is 9.90 Å². The molecule has 1 atom stereocenters. The van der Waals surface area contributed by atoms with Crippen molar-refractivity contribution >= 4 is 5.91 Å². The summed E-state index contributed by atoms with van der Waals surface area (Å²) >= 11 is 0. The number of rotatable bonds is 5. The molecule has 6 heteroatoms. The first-order valence-corrected chi connectivity index (χ1v) is 7.69. The predicted molar refractivity (Wildman–Crippen MR) is 79.0 cm³/mol. The number of piperidine rings is 1. The summed E-state index contributed by atoms with van der Waals surface area (Å²) in [6.07, 6.45) is 3.61. The van der Waals surface area contributed by atoms with E-state index in [1.165, 1.54) is 0 Å². The molecule has 1 saturated heterocycles. The van der Waals surface area contributed by atoms with E-state index < -0.39 is 6.10 Å². The van der Waals surface area contributed by atoms with Crippen LogP contribution in [0.3, 0.4) is 0 Å². The van der Waals surface area contributed by atoms with Gasteiger partial charge in [0.25, 0.3) is 5.91 Å². The molecule has 0 saturated carbocycles. The van der Waals surface area contributed by atoms with Gasteiger partial charge in [-0.25, -0.2) is 0 Å². The van der Waals surface area contributed by atoms with Gasteiger partial charge in [0.15, 0.2) is 0 Å². The van der Waals surface area contributed by atoms with Gasteiger partial charge in [0.1, 0.15) is 0 Å². The quantitative estimate of drug-likeness (QED) is 0.842. The van der Waals surface area contributed by atoms with Crippen LogP contribution >= 0.6 is 0 Å². The number of aromatic nitrogens is 2. The molecule has 2 heterocycles. The molecule has 0 bridgehead atoms. The van der Waals surface area contributed by atoms with E-state index in [1.54, 1.807) is 0 Å². The van der Waals surface area contributed by atoms with Crippen molar-refractivity contribution in [3.05, 3.63) is 17.5 Å². The van der Waals surface area contributed by atoms with Gasteiger partial charge in [-0.05, 0) is 32.1 Å². The summed E-state index contributed by atoms with van der Waals surface area (Å²) in [5.41, 5.74) is 1.44. The van der Waals surface area contributed by atoms with Crippen molar-refractivity contribution in [2.45, 2.75) is 45.8 Å². The van der Waals surface area contributed by atoms with Crippen molar-refractivity contribution in [1.29, 1.82) is 0 Å². The maximum absolute atomic E-state index is 12.5. The standard InChI is InChI=1S/C15H25N3O3/c1-3-6-18-9-13(11(2)16-18)15(21)17-7-4-12(5-8-17)14(20)10-19/h9,12,14,19-20H,3-8,10H2,1-2H3. The number of hydrogen-bond donors (Lipinski definition) is 2. The molecular weight excluding hydrogens is 270 g/mol. The molecule has 1 aromatic rings. The van der Waals surface area contributed by atoms with Crippen molar-refractivity contribution in [2.75, 3.05) is 19.7 Å². The molecule has 6 nitrogen and oxygen atoms in total. The maximum Gasteiger partial charge on any atom is 0.257 e.